The van der Waals surface area contributed by atoms with Crippen LogP contribution >= 0.6 is 11.3 Å². The Balaban J connectivity index is 1.34. The van der Waals surface area contributed by atoms with Crippen molar-refractivity contribution in [2.45, 2.75) is 25.8 Å². The summed E-state index contributed by atoms with van der Waals surface area (Å²) in [5, 5.41) is 4.11. The van der Waals surface area contributed by atoms with Gasteiger partial charge in [0.15, 0.2) is 0 Å². The molecule has 1 N–H and O–H groups in total. The van der Waals surface area contributed by atoms with Crippen molar-refractivity contribution in [3.05, 3.63) is 64.5 Å². The molecule has 2 heterocycles. The highest BCUT2D eigenvalue weighted by molar-refractivity contribution is 7.20. The zero-order chi connectivity index (χ0) is 18.4. The summed E-state index contributed by atoms with van der Waals surface area (Å²) in [6, 6.07) is 16.0. The van der Waals surface area contributed by atoms with Gasteiger partial charge >= 0.3 is 0 Å². The quantitative estimate of drug-likeness (QED) is 0.734. The number of rotatable bonds is 3. The fourth-order valence-electron chi connectivity index (χ4n) is 3.70. The molecule has 4 nitrogen and oxygen atoms in total. The lowest BCUT2D eigenvalue weighted by Gasteiger charge is -2.29. The molecule has 1 aliphatic carbocycles. The lowest BCUT2D eigenvalue weighted by Crippen LogP contribution is -2.36. The van der Waals surface area contributed by atoms with E-state index >= 15 is 0 Å². The van der Waals surface area contributed by atoms with Gasteiger partial charge < -0.3 is 10.2 Å². The van der Waals surface area contributed by atoms with Gasteiger partial charge in [0, 0.05) is 29.4 Å². The minimum atomic E-state index is -0.0853. The Morgan fingerprint density at radius 2 is 1.89 bits per heavy atom. The lowest BCUT2D eigenvalue weighted by atomic mass is 9.98. The largest absolute Gasteiger partial charge is 0.338 e. The van der Waals surface area contributed by atoms with E-state index in [-0.39, 0.29) is 11.8 Å². The van der Waals surface area contributed by atoms with Crippen molar-refractivity contribution in [2.75, 3.05) is 11.9 Å². The number of hydrogen-bond acceptors (Lipinski definition) is 3. The molecule has 5 heteroatoms. The van der Waals surface area contributed by atoms with Gasteiger partial charge in [0.1, 0.15) is 0 Å². The number of amides is 2. The summed E-state index contributed by atoms with van der Waals surface area (Å²) in [5.74, 6) is 0.459. The van der Waals surface area contributed by atoms with Gasteiger partial charge in [-0.3, -0.25) is 9.59 Å². The molecule has 0 atom stereocenters. The normalized spacial score (nSPS) is 16.2. The Kier molecular flexibility index (Phi) is 3.97. The number of nitrogens with one attached hydrogen (secondary N) is 1. The molecule has 1 aliphatic heterocycles. The molecule has 1 saturated carbocycles. The number of nitrogens with zero attached hydrogens (tertiary/aromatic N) is 1. The predicted octanol–water partition coefficient (Wildman–Crippen LogP) is 4.45. The number of thiophene rings is 1. The first-order valence-corrected chi connectivity index (χ1v) is 10.2. The number of carbonyl (C=O) groups is 2. The third-order valence-electron chi connectivity index (χ3n) is 5.36. The van der Waals surface area contributed by atoms with Crippen molar-refractivity contribution in [1.82, 2.24) is 4.90 Å². The highest BCUT2D eigenvalue weighted by Gasteiger charge is 2.34. The molecule has 136 valence electrons. The van der Waals surface area contributed by atoms with Crippen molar-refractivity contribution in [2.24, 2.45) is 5.92 Å². The van der Waals surface area contributed by atoms with Crippen LogP contribution in [0, 0.1) is 5.92 Å². The van der Waals surface area contributed by atoms with Crippen LogP contribution in [0.5, 0.6) is 0 Å². The second-order valence-corrected chi connectivity index (χ2v) is 8.45. The molecule has 27 heavy (non-hydrogen) atoms. The van der Waals surface area contributed by atoms with Gasteiger partial charge in [-0.1, -0.05) is 24.3 Å². The van der Waals surface area contributed by atoms with E-state index in [0.717, 1.165) is 47.1 Å². The lowest BCUT2D eigenvalue weighted by molar-refractivity contribution is -0.133. The molecule has 0 spiro atoms. The molecule has 1 fully saturated rings. The molecule has 3 aromatic rings. The minimum absolute atomic E-state index is 0.0853. The molecule has 1 aromatic heterocycles. The third kappa shape index (κ3) is 3.23. The van der Waals surface area contributed by atoms with E-state index in [4.69, 9.17) is 0 Å². The van der Waals surface area contributed by atoms with Crippen LogP contribution in [0.4, 0.5) is 5.69 Å². The zero-order valence-corrected chi connectivity index (χ0v) is 15.7. The fourth-order valence-corrected chi connectivity index (χ4v) is 4.66. The first-order valence-electron chi connectivity index (χ1n) is 9.38. The summed E-state index contributed by atoms with van der Waals surface area (Å²) in [7, 11) is 0. The van der Waals surface area contributed by atoms with Crippen LogP contribution in [0.2, 0.25) is 0 Å². The molecule has 0 unspecified atom stereocenters. The van der Waals surface area contributed by atoms with E-state index in [1.165, 1.54) is 16.9 Å². The van der Waals surface area contributed by atoms with Gasteiger partial charge in [-0.15, -0.1) is 11.3 Å². The second-order valence-electron chi connectivity index (χ2n) is 7.37. The average Bonchev–Trinajstić information content (AvgIpc) is 3.45. The second kappa shape index (κ2) is 6.50. The molecular formula is C22H20N2O2S. The van der Waals surface area contributed by atoms with Crippen LogP contribution in [-0.2, 0) is 17.8 Å². The van der Waals surface area contributed by atoms with Crippen LogP contribution in [0.1, 0.15) is 33.6 Å². The summed E-state index contributed by atoms with van der Waals surface area (Å²) in [5.41, 5.74) is 3.20. The van der Waals surface area contributed by atoms with Crippen LogP contribution < -0.4 is 5.32 Å². The summed E-state index contributed by atoms with van der Waals surface area (Å²) in [6.07, 6.45) is 2.96. The van der Waals surface area contributed by atoms with E-state index in [1.807, 2.05) is 47.4 Å². The summed E-state index contributed by atoms with van der Waals surface area (Å²) in [4.78, 5) is 27.7. The summed E-state index contributed by atoms with van der Waals surface area (Å²) in [6.45, 7) is 1.45. The smallest absolute Gasteiger partial charge is 0.265 e. The van der Waals surface area contributed by atoms with Crippen LogP contribution in [0.15, 0.2) is 48.5 Å². The van der Waals surface area contributed by atoms with Crippen molar-refractivity contribution in [1.29, 1.82) is 0 Å². The van der Waals surface area contributed by atoms with Gasteiger partial charge in [-0.05, 0) is 60.0 Å². The van der Waals surface area contributed by atoms with Crippen molar-refractivity contribution in [3.8, 4) is 0 Å². The number of anilines is 1. The molecular weight excluding hydrogens is 356 g/mol. The zero-order valence-electron chi connectivity index (χ0n) is 14.9. The fraction of sp³-hybridized carbons (Fsp3) is 0.273. The number of fused-ring (bicyclic) bond motifs is 2. The van der Waals surface area contributed by atoms with E-state index < -0.39 is 0 Å². The predicted molar refractivity (Wildman–Crippen MR) is 108 cm³/mol. The number of hydrogen-bond donors (Lipinski definition) is 1. The highest BCUT2D eigenvalue weighted by atomic mass is 32.1. The van der Waals surface area contributed by atoms with Crippen LogP contribution in [0.3, 0.4) is 0 Å². The van der Waals surface area contributed by atoms with Crippen molar-refractivity contribution >= 4 is 38.9 Å². The van der Waals surface area contributed by atoms with Gasteiger partial charge in [-0.2, -0.15) is 0 Å². The van der Waals surface area contributed by atoms with E-state index in [9.17, 15) is 9.59 Å². The monoisotopic (exact) mass is 376 g/mol. The van der Waals surface area contributed by atoms with E-state index in [0.29, 0.717) is 17.3 Å². The Morgan fingerprint density at radius 1 is 1.04 bits per heavy atom. The van der Waals surface area contributed by atoms with Gasteiger partial charge in [-0.25, -0.2) is 0 Å². The molecule has 5 rings (SSSR count). The molecule has 0 bridgehead atoms. The van der Waals surface area contributed by atoms with Gasteiger partial charge in [0.05, 0.1) is 4.88 Å². The Labute approximate surface area is 161 Å². The molecule has 2 aliphatic rings. The topological polar surface area (TPSA) is 49.4 Å². The molecule has 0 saturated heterocycles. The van der Waals surface area contributed by atoms with Crippen molar-refractivity contribution in [3.63, 3.8) is 0 Å². The standard InChI is InChI=1S/C22H20N2O2S/c25-21(20-12-16-3-1-2-4-19(16)27-20)23-18-8-7-14-9-10-24(13-17(14)11-18)22(26)15-5-6-15/h1-4,7-8,11-12,15H,5-6,9-10,13H2,(H,23,25). The first kappa shape index (κ1) is 16.5. The maximum absolute atomic E-state index is 12.7. The Morgan fingerprint density at radius 3 is 2.70 bits per heavy atom. The molecule has 2 aromatic carbocycles. The maximum Gasteiger partial charge on any atom is 0.265 e. The summed E-state index contributed by atoms with van der Waals surface area (Å²) < 4.78 is 1.11. The van der Waals surface area contributed by atoms with Crippen LogP contribution in [-0.4, -0.2) is 23.3 Å². The number of benzene rings is 2. The maximum atomic E-state index is 12.7. The Bertz CT molecular complexity index is 1020. The third-order valence-corrected chi connectivity index (χ3v) is 6.48. The van der Waals surface area contributed by atoms with E-state index in [2.05, 4.69) is 11.4 Å². The minimum Gasteiger partial charge on any atom is -0.338 e. The highest BCUT2D eigenvalue weighted by Crippen LogP contribution is 2.33. The number of carbonyl (C=O) groups excluding carboxylic acids is 2. The first-order chi connectivity index (χ1) is 13.2. The SMILES string of the molecule is O=C(Nc1ccc2c(c1)CN(C(=O)C1CC1)CC2)c1cc2ccccc2s1. The summed E-state index contributed by atoms with van der Waals surface area (Å²) >= 11 is 1.50. The average molecular weight is 376 g/mol. The van der Waals surface area contributed by atoms with Crippen LogP contribution in [0.25, 0.3) is 10.1 Å². The van der Waals surface area contributed by atoms with E-state index in [1.54, 1.807) is 0 Å². The molecule has 2 amide bonds. The van der Waals surface area contributed by atoms with Gasteiger partial charge in [0.2, 0.25) is 5.91 Å². The van der Waals surface area contributed by atoms with Crippen molar-refractivity contribution < 1.29 is 9.59 Å². The van der Waals surface area contributed by atoms with Gasteiger partial charge in [0.25, 0.3) is 5.91 Å². The Hall–Kier alpha value is -2.66. The molecule has 0 radical (unpaired) electrons.